The van der Waals surface area contributed by atoms with Crippen molar-refractivity contribution in [2.45, 2.75) is 26.4 Å². The maximum atomic E-state index is 13.9. The summed E-state index contributed by atoms with van der Waals surface area (Å²) < 4.78 is 15.5. The van der Waals surface area contributed by atoms with E-state index in [2.05, 4.69) is 21.3 Å². The lowest BCUT2D eigenvalue weighted by Gasteiger charge is -2.30. The van der Waals surface area contributed by atoms with Crippen molar-refractivity contribution in [2.75, 3.05) is 6.54 Å². The molecule has 2 heterocycles. The van der Waals surface area contributed by atoms with Crippen molar-refractivity contribution in [1.82, 2.24) is 19.9 Å². The fourth-order valence-electron chi connectivity index (χ4n) is 3.60. The van der Waals surface area contributed by atoms with Crippen LogP contribution < -0.4 is 0 Å². The molecule has 2 aromatic carbocycles. The van der Waals surface area contributed by atoms with E-state index in [4.69, 9.17) is 0 Å². The molecular formula is C20H20ClFN4O2. The first kappa shape index (κ1) is 20.0. The Balaban J connectivity index is 0.00000225. The molecule has 0 saturated heterocycles. The van der Waals surface area contributed by atoms with Gasteiger partial charge in [-0.3, -0.25) is 4.90 Å². The predicted octanol–water partition coefficient (Wildman–Crippen LogP) is 3.39. The van der Waals surface area contributed by atoms with Crippen LogP contribution in [0.25, 0.3) is 5.69 Å². The van der Waals surface area contributed by atoms with Gasteiger partial charge < -0.3 is 5.11 Å². The summed E-state index contributed by atoms with van der Waals surface area (Å²) in [5.41, 5.74) is 4.29. The number of carboxylic acid groups (broad SMARTS) is 1. The zero-order valence-corrected chi connectivity index (χ0v) is 16.1. The van der Waals surface area contributed by atoms with E-state index in [-0.39, 0.29) is 23.9 Å². The van der Waals surface area contributed by atoms with Crippen molar-refractivity contribution in [1.29, 1.82) is 0 Å². The van der Waals surface area contributed by atoms with Crippen LogP contribution in [0.15, 0.2) is 42.5 Å². The van der Waals surface area contributed by atoms with Crippen LogP contribution in [-0.4, -0.2) is 37.5 Å². The SMILES string of the molecule is Cc1c(C(=O)O)nnn1-c1cccc2c1CCN(Cc1ccccc1F)C2.Cl. The monoisotopic (exact) mass is 402 g/mol. The minimum absolute atomic E-state index is 0. The van der Waals surface area contributed by atoms with Gasteiger partial charge in [-0.2, -0.15) is 0 Å². The van der Waals surface area contributed by atoms with E-state index < -0.39 is 5.97 Å². The second kappa shape index (κ2) is 8.08. The van der Waals surface area contributed by atoms with E-state index in [0.717, 1.165) is 29.8 Å². The van der Waals surface area contributed by atoms with Crippen LogP contribution in [-0.2, 0) is 19.5 Å². The topological polar surface area (TPSA) is 71.2 Å². The van der Waals surface area contributed by atoms with Crippen LogP contribution in [0.3, 0.4) is 0 Å². The standard InChI is InChI=1S/C20H19FN4O2.ClH/c1-13-19(20(26)27)22-23-25(13)18-8-4-6-14-11-24(10-9-16(14)18)12-15-5-2-3-7-17(15)21;/h2-8H,9-12H2,1H3,(H,26,27);1H. The predicted molar refractivity (Wildman–Crippen MR) is 105 cm³/mol. The van der Waals surface area contributed by atoms with Crippen molar-refractivity contribution < 1.29 is 14.3 Å². The van der Waals surface area contributed by atoms with Gasteiger partial charge in [-0.25, -0.2) is 13.9 Å². The van der Waals surface area contributed by atoms with E-state index in [1.54, 1.807) is 17.7 Å². The Hall–Kier alpha value is -2.77. The molecule has 1 aliphatic rings. The summed E-state index contributed by atoms with van der Waals surface area (Å²) in [7, 11) is 0. The first-order chi connectivity index (χ1) is 13.0. The van der Waals surface area contributed by atoms with Gasteiger partial charge in [-0.1, -0.05) is 35.5 Å². The van der Waals surface area contributed by atoms with Gasteiger partial charge in [0.25, 0.3) is 0 Å². The first-order valence-electron chi connectivity index (χ1n) is 8.77. The number of hydrogen-bond donors (Lipinski definition) is 1. The van der Waals surface area contributed by atoms with Crippen LogP contribution in [0.1, 0.15) is 32.9 Å². The molecule has 0 saturated carbocycles. The number of fused-ring (bicyclic) bond motifs is 1. The molecule has 28 heavy (non-hydrogen) atoms. The number of carboxylic acids is 1. The summed E-state index contributed by atoms with van der Waals surface area (Å²) in [6.45, 7) is 3.76. The third kappa shape index (κ3) is 3.63. The van der Waals surface area contributed by atoms with Crippen LogP contribution >= 0.6 is 12.4 Å². The number of benzene rings is 2. The molecule has 0 aliphatic carbocycles. The highest BCUT2D eigenvalue weighted by atomic mass is 35.5. The second-order valence-corrected chi connectivity index (χ2v) is 6.71. The van der Waals surface area contributed by atoms with E-state index >= 15 is 0 Å². The summed E-state index contributed by atoms with van der Waals surface area (Å²) in [6.07, 6.45) is 0.779. The van der Waals surface area contributed by atoms with Crippen molar-refractivity contribution in [3.63, 3.8) is 0 Å². The Morgan fingerprint density at radius 2 is 2.00 bits per heavy atom. The van der Waals surface area contributed by atoms with Gasteiger partial charge in [0, 0.05) is 25.2 Å². The van der Waals surface area contributed by atoms with E-state index in [1.165, 1.54) is 6.07 Å². The molecule has 0 unspecified atom stereocenters. The lowest BCUT2D eigenvalue weighted by Crippen LogP contribution is -2.31. The molecule has 0 bridgehead atoms. The molecule has 6 nitrogen and oxygen atoms in total. The van der Waals surface area contributed by atoms with Gasteiger partial charge >= 0.3 is 5.97 Å². The number of hydrogen-bond acceptors (Lipinski definition) is 4. The Labute approximate surface area is 168 Å². The van der Waals surface area contributed by atoms with Crippen LogP contribution in [0.2, 0.25) is 0 Å². The normalized spacial score (nSPS) is 13.6. The maximum absolute atomic E-state index is 13.9. The number of halogens is 2. The van der Waals surface area contributed by atoms with Crippen molar-refractivity contribution in [3.05, 3.63) is 76.4 Å². The van der Waals surface area contributed by atoms with Crippen LogP contribution in [0.4, 0.5) is 4.39 Å². The zero-order chi connectivity index (χ0) is 19.0. The van der Waals surface area contributed by atoms with E-state index in [0.29, 0.717) is 24.3 Å². The van der Waals surface area contributed by atoms with Gasteiger partial charge in [0.1, 0.15) is 5.82 Å². The van der Waals surface area contributed by atoms with Gasteiger partial charge in [-0.15, -0.1) is 17.5 Å². The average molecular weight is 403 g/mol. The molecule has 0 spiro atoms. The summed E-state index contributed by atoms with van der Waals surface area (Å²) in [5.74, 6) is -1.27. The maximum Gasteiger partial charge on any atom is 0.358 e. The molecule has 8 heteroatoms. The molecule has 3 aromatic rings. The number of carbonyl (C=O) groups is 1. The number of nitrogens with zero attached hydrogens (tertiary/aromatic N) is 4. The van der Waals surface area contributed by atoms with Gasteiger partial charge in [0.2, 0.25) is 0 Å². The highest BCUT2D eigenvalue weighted by molar-refractivity contribution is 5.86. The van der Waals surface area contributed by atoms with Crippen molar-refractivity contribution in [3.8, 4) is 5.69 Å². The Bertz CT molecular complexity index is 1020. The van der Waals surface area contributed by atoms with Crippen molar-refractivity contribution >= 4 is 18.4 Å². The van der Waals surface area contributed by atoms with Crippen molar-refractivity contribution in [2.24, 2.45) is 0 Å². The second-order valence-electron chi connectivity index (χ2n) is 6.71. The molecule has 1 N–H and O–H groups in total. The highest BCUT2D eigenvalue weighted by Crippen LogP contribution is 2.27. The molecular weight excluding hydrogens is 383 g/mol. The molecule has 4 rings (SSSR count). The molecule has 146 valence electrons. The fourth-order valence-corrected chi connectivity index (χ4v) is 3.60. The zero-order valence-electron chi connectivity index (χ0n) is 15.3. The number of aromatic nitrogens is 3. The Morgan fingerprint density at radius 3 is 2.71 bits per heavy atom. The smallest absolute Gasteiger partial charge is 0.358 e. The lowest BCUT2D eigenvalue weighted by atomic mass is 9.97. The summed E-state index contributed by atoms with van der Waals surface area (Å²) >= 11 is 0. The third-order valence-electron chi connectivity index (χ3n) is 5.00. The molecule has 0 fully saturated rings. The Kier molecular flexibility index (Phi) is 5.76. The van der Waals surface area contributed by atoms with Gasteiger partial charge in [0.15, 0.2) is 5.69 Å². The molecule has 0 atom stereocenters. The molecule has 1 aromatic heterocycles. The van der Waals surface area contributed by atoms with Gasteiger partial charge in [0.05, 0.1) is 11.4 Å². The quantitative estimate of drug-likeness (QED) is 0.724. The summed E-state index contributed by atoms with van der Waals surface area (Å²) in [5, 5.41) is 17.0. The first-order valence-corrected chi connectivity index (χ1v) is 8.77. The number of aromatic carboxylic acids is 1. The van der Waals surface area contributed by atoms with Crippen LogP contribution in [0.5, 0.6) is 0 Å². The molecule has 1 aliphatic heterocycles. The highest BCUT2D eigenvalue weighted by Gasteiger charge is 2.23. The molecule has 0 amide bonds. The molecule has 0 radical (unpaired) electrons. The van der Waals surface area contributed by atoms with Crippen LogP contribution in [0, 0.1) is 12.7 Å². The minimum Gasteiger partial charge on any atom is -0.476 e. The summed E-state index contributed by atoms with van der Waals surface area (Å²) in [4.78, 5) is 13.5. The lowest BCUT2D eigenvalue weighted by molar-refractivity contribution is 0.0689. The average Bonchev–Trinajstić information content (AvgIpc) is 3.04. The third-order valence-corrected chi connectivity index (χ3v) is 5.00. The summed E-state index contributed by atoms with van der Waals surface area (Å²) in [6, 6.07) is 12.8. The fraction of sp³-hybridized carbons (Fsp3) is 0.250. The van der Waals surface area contributed by atoms with Gasteiger partial charge in [-0.05, 0) is 36.6 Å². The number of rotatable bonds is 4. The Morgan fingerprint density at radius 1 is 1.21 bits per heavy atom. The minimum atomic E-state index is -1.08. The van der Waals surface area contributed by atoms with E-state index in [9.17, 15) is 14.3 Å². The largest absolute Gasteiger partial charge is 0.476 e. The van der Waals surface area contributed by atoms with E-state index in [1.807, 2.05) is 24.3 Å².